The molecule has 0 aliphatic carbocycles. The fourth-order valence-electron chi connectivity index (χ4n) is 1.22. The van der Waals surface area contributed by atoms with Crippen LogP contribution in [0.2, 0.25) is 0 Å². The minimum Gasteiger partial charge on any atom is -0.384 e. The first-order valence-corrected chi connectivity index (χ1v) is 6.80. The largest absolute Gasteiger partial charge is 0.411 e. The van der Waals surface area contributed by atoms with Crippen molar-refractivity contribution >= 4 is 37.5 Å². The van der Waals surface area contributed by atoms with Crippen LogP contribution in [0.4, 0.5) is 18.9 Å². The molecule has 7 heteroatoms. The summed E-state index contributed by atoms with van der Waals surface area (Å²) < 4.78 is 41.7. The Balaban J connectivity index is 2.20. The van der Waals surface area contributed by atoms with Gasteiger partial charge in [0.1, 0.15) is 6.61 Å². The number of anilines is 1. The molecule has 1 N–H and O–H groups in total. The van der Waals surface area contributed by atoms with Crippen molar-refractivity contribution in [2.75, 3.05) is 25.1 Å². The number of hydrogen-bond acceptors (Lipinski definition) is 2. The Morgan fingerprint density at radius 3 is 2.61 bits per heavy atom. The number of halogens is 5. The summed E-state index contributed by atoms with van der Waals surface area (Å²) in [7, 11) is 0. The van der Waals surface area contributed by atoms with Crippen LogP contribution in [0.15, 0.2) is 27.1 Å². The van der Waals surface area contributed by atoms with E-state index in [1.54, 1.807) is 0 Å². The lowest BCUT2D eigenvalue weighted by Gasteiger charge is -2.10. The van der Waals surface area contributed by atoms with E-state index in [9.17, 15) is 13.2 Å². The fourth-order valence-corrected chi connectivity index (χ4v) is 1.97. The molecule has 1 aromatic rings. The number of ether oxygens (including phenoxy) is 1. The zero-order valence-electron chi connectivity index (χ0n) is 9.36. The first-order chi connectivity index (χ1) is 8.38. The summed E-state index contributed by atoms with van der Waals surface area (Å²) in [4.78, 5) is 0. The fraction of sp³-hybridized carbons (Fsp3) is 0.455. The monoisotopic (exact) mass is 389 g/mol. The van der Waals surface area contributed by atoms with Crippen molar-refractivity contribution in [3.63, 3.8) is 0 Å². The minimum atomic E-state index is -4.25. The van der Waals surface area contributed by atoms with Gasteiger partial charge < -0.3 is 10.1 Å². The third kappa shape index (κ3) is 6.61. The Bertz CT molecular complexity index is 385. The van der Waals surface area contributed by atoms with Crippen LogP contribution in [0, 0.1) is 0 Å². The van der Waals surface area contributed by atoms with Crippen molar-refractivity contribution in [1.29, 1.82) is 0 Å². The second-order valence-corrected chi connectivity index (χ2v) is 5.34. The zero-order chi connectivity index (χ0) is 13.6. The van der Waals surface area contributed by atoms with Crippen LogP contribution in [-0.2, 0) is 4.74 Å². The summed E-state index contributed by atoms with van der Waals surface area (Å²) in [6.45, 7) is -0.557. The van der Waals surface area contributed by atoms with Gasteiger partial charge in [-0.3, -0.25) is 0 Å². The smallest absolute Gasteiger partial charge is 0.384 e. The standard InChI is InChI=1S/C11H12Br2F3NO/c12-8-2-3-9(13)10(6-8)17-4-1-5-18-7-11(14,15)16/h2-3,6,17H,1,4-5,7H2. The maximum absolute atomic E-state index is 11.8. The molecule has 0 aliphatic rings. The molecule has 0 bridgehead atoms. The van der Waals surface area contributed by atoms with Crippen LogP contribution >= 0.6 is 31.9 Å². The maximum atomic E-state index is 11.8. The van der Waals surface area contributed by atoms with Crippen LogP contribution in [0.5, 0.6) is 0 Å². The van der Waals surface area contributed by atoms with Crippen molar-refractivity contribution in [2.45, 2.75) is 12.6 Å². The Morgan fingerprint density at radius 2 is 1.94 bits per heavy atom. The van der Waals surface area contributed by atoms with Crippen molar-refractivity contribution in [2.24, 2.45) is 0 Å². The van der Waals surface area contributed by atoms with Gasteiger partial charge in [0.15, 0.2) is 0 Å². The number of alkyl halides is 3. The molecule has 0 atom stereocenters. The second kappa shape index (κ2) is 7.35. The number of rotatable bonds is 6. The van der Waals surface area contributed by atoms with E-state index in [2.05, 4.69) is 41.9 Å². The summed E-state index contributed by atoms with van der Waals surface area (Å²) in [5.41, 5.74) is 0.889. The van der Waals surface area contributed by atoms with E-state index in [4.69, 9.17) is 0 Å². The predicted octanol–water partition coefficient (Wildman–Crippen LogP) is 4.59. The molecule has 0 fully saturated rings. The molecular weight excluding hydrogens is 379 g/mol. The Kier molecular flexibility index (Phi) is 6.45. The van der Waals surface area contributed by atoms with E-state index >= 15 is 0 Å². The highest BCUT2D eigenvalue weighted by Gasteiger charge is 2.27. The van der Waals surface area contributed by atoms with Gasteiger partial charge in [0, 0.05) is 27.8 Å². The van der Waals surface area contributed by atoms with Gasteiger partial charge in [-0.2, -0.15) is 13.2 Å². The van der Waals surface area contributed by atoms with Crippen molar-refractivity contribution < 1.29 is 17.9 Å². The first kappa shape index (κ1) is 15.8. The van der Waals surface area contributed by atoms with Gasteiger partial charge in [-0.15, -0.1) is 0 Å². The van der Waals surface area contributed by atoms with E-state index in [0.29, 0.717) is 13.0 Å². The highest BCUT2D eigenvalue weighted by atomic mass is 79.9. The van der Waals surface area contributed by atoms with Gasteiger partial charge in [0.25, 0.3) is 0 Å². The van der Waals surface area contributed by atoms with Crippen LogP contribution in [0.3, 0.4) is 0 Å². The van der Waals surface area contributed by atoms with Gasteiger partial charge >= 0.3 is 6.18 Å². The molecule has 0 saturated carbocycles. The molecule has 0 radical (unpaired) electrons. The lowest BCUT2D eigenvalue weighted by atomic mass is 10.3. The molecule has 0 saturated heterocycles. The Morgan fingerprint density at radius 1 is 1.22 bits per heavy atom. The van der Waals surface area contributed by atoms with Gasteiger partial charge in [0.05, 0.1) is 0 Å². The van der Waals surface area contributed by atoms with Crippen LogP contribution < -0.4 is 5.32 Å². The molecule has 1 aromatic carbocycles. The van der Waals surface area contributed by atoms with Crippen molar-refractivity contribution in [1.82, 2.24) is 0 Å². The molecule has 0 aliphatic heterocycles. The summed E-state index contributed by atoms with van der Waals surface area (Å²) in [6, 6.07) is 5.66. The number of nitrogens with one attached hydrogen (secondary N) is 1. The number of hydrogen-bond donors (Lipinski definition) is 1. The molecule has 0 spiro atoms. The van der Waals surface area contributed by atoms with E-state index in [-0.39, 0.29) is 6.61 Å². The average Bonchev–Trinajstić information content (AvgIpc) is 2.26. The quantitative estimate of drug-likeness (QED) is 0.717. The SMILES string of the molecule is FC(F)(F)COCCCNc1cc(Br)ccc1Br. The molecule has 18 heavy (non-hydrogen) atoms. The van der Waals surface area contributed by atoms with Crippen LogP contribution in [0.1, 0.15) is 6.42 Å². The third-order valence-electron chi connectivity index (χ3n) is 1.98. The molecule has 0 aromatic heterocycles. The second-order valence-electron chi connectivity index (χ2n) is 3.57. The molecule has 1 rings (SSSR count). The molecule has 2 nitrogen and oxygen atoms in total. The Hall–Kier alpha value is -0.270. The lowest BCUT2D eigenvalue weighted by molar-refractivity contribution is -0.173. The maximum Gasteiger partial charge on any atom is 0.411 e. The van der Waals surface area contributed by atoms with E-state index in [1.807, 2.05) is 18.2 Å². The van der Waals surface area contributed by atoms with Crippen molar-refractivity contribution in [3.05, 3.63) is 27.1 Å². The third-order valence-corrected chi connectivity index (χ3v) is 3.16. The average molecular weight is 391 g/mol. The topological polar surface area (TPSA) is 21.3 Å². The first-order valence-electron chi connectivity index (χ1n) is 5.22. The van der Waals surface area contributed by atoms with Gasteiger partial charge in [-0.1, -0.05) is 15.9 Å². The molecule has 0 amide bonds. The van der Waals surface area contributed by atoms with E-state index in [0.717, 1.165) is 14.6 Å². The van der Waals surface area contributed by atoms with Gasteiger partial charge in [0.2, 0.25) is 0 Å². The summed E-state index contributed by atoms with van der Waals surface area (Å²) in [6.07, 6.45) is -3.74. The lowest BCUT2D eigenvalue weighted by Crippen LogP contribution is -2.18. The van der Waals surface area contributed by atoms with Gasteiger partial charge in [-0.25, -0.2) is 0 Å². The molecular formula is C11H12Br2F3NO. The molecule has 102 valence electrons. The van der Waals surface area contributed by atoms with E-state index < -0.39 is 12.8 Å². The van der Waals surface area contributed by atoms with Gasteiger partial charge in [-0.05, 0) is 40.5 Å². The normalized spacial score (nSPS) is 11.6. The minimum absolute atomic E-state index is 0.0815. The highest BCUT2D eigenvalue weighted by molar-refractivity contribution is 9.11. The van der Waals surface area contributed by atoms with Crippen LogP contribution in [0.25, 0.3) is 0 Å². The molecule has 0 heterocycles. The Labute approximate surface area is 120 Å². The van der Waals surface area contributed by atoms with Crippen LogP contribution in [-0.4, -0.2) is 25.9 Å². The highest BCUT2D eigenvalue weighted by Crippen LogP contribution is 2.26. The summed E-state index contributed by atoms with van der Waals surface area (Å²) in [5, 5.41) is 3.11. The predicted molar refractivity (Wildman–Crippen MR) is 71.8 cm³/mol. The summed E-state index contributed by atoms with van der Waals surface area (Å²) >= 11 is 6.72. The molecule has 0 unspecified atom stereocenters. The number of benzene rings is 1. The van der Waals surface area contributed by atoms with E-state index in [1.165, 1.54) is 0 Å². The summed E-state index contributed by atoms with van der Waals surface area (Å²) in [5.74, 6) is 0. The zero-order valence-corrected chi connectivity index (χ0v) is 12.5. The van der Waals surface area contributed by atoms with Crippen molar-refractivity contribution in [3.8, 4) is 0 Å².